The third kappa shape index (κ3) is 4.63. The standard InChI is InChI=1S/C32H25N/c1-5-14-26(15-6-1)24-25-31-30(27-16-7-2-8-17-27)22-13-23-32(31)33(28-18-9-3-10-19-28)29-20-11-4-12-21-29/h1-25H. The van der Waals surface area contributed by atoms with Crippen LogP contribution >= 0.6 is 0 Å². The lowest BCUT2D eigenvalue weighted by Gasteiger charge is -2.28. The normalized spacial score (nSPS) is 10.9. The molecule has 0 aromatic heterocycles. The number of anilines is 3. The molecule has 158 valence electrons. The molecule has 0 aliphatic heterocycles. The zero-order chi connectivity index (χ0) is 22.3. The maximum absolute atomic E-state index is 2.33. The van der Waals surface area contributed by atoms with Crippen molar-refractivity contribution in [3.05, 3.63) is 151 Å². The Morgan fingerprint density at radius 1 is 0.424 bits per heavy atom. The van der Waals surface area contributed by atoms with Crippen LogP contribution in [-0.4, -0.2) is 0 Å². The molecule has 0 bridgehead atoms. The first-order valence-corrected chi connectivity index (χ1v) is 11.2. The molecule has 0 aliphatic rings. The minimum atomic E-state index is 1.13. The highest BCUT2D eigenvalue weighted by Crippen LogP contribution is 2.40. The quantitative estimate of drug-likeness (QED) is 0.246. The topological polar surface area (TPSA) is 3.24 Å². The average molecular weight is 424 g/mol. The Bertz CT molecular complexity index is 1290. The number of hydrogen-bond donors (Lipinski definition) is 0. The highest BCUT2D eigenvalue weighted by atomic mass is 15.1. The fraction of sp³-hybridized carbons (Fsp3) is 0. The molecule has 0 amide bonds. The largest absolute Gasteiger partial charge is 0.310 e. The monoisotopic (exact) mass is 423 g/mol. The molecule has 0 saturated heterocycles. The van der Waals surface area contributed by atoms with Crippen LogP contribution in [-0.2, 0) is 0 Å². The molecular formula is C32H25N. The lowest BCUT2D eigenvalue weighted by atomic mass is 9.96. The molecule has 5 aromatic rings. The van der Waals surface area contributed by atoms with Crippen LogP contribution < -0.4 is 4.90 Å². The fourth-order valence-corrected chi connectivity index (χ4v) is 4.12. The minimum absolute atomic E-state index is 1.13. The van der Waals surface area contributed by atoms with Gasteiger partial charge in [0.25, 0.3) is 0 Å². The van der Waals surface area contributed by atoms with Crippen LogP contribution in [0.4, 0.5) is 17.1 Å². The molecule has 0 unspecified atom stereocenters. The molecule has 5 aromatic carbocycles. The molecule has 0 saturated carbocycles. The number of nitrogens with zero attached hydrogens (tertiary/aromatic N) is 1. The second kappa shape index (κ2) is 9.84. The van der Waals surface area contributed by atoms with E-state index >= 15 is 0 Å². The van der Waals surface area contributed by atoms with Gasteiger partial charge in [0.1, 0.15) is 0 Å². The summed E-state index contributed by atoms with van der Waals surface area (Å²) in [6, 6.07) is 48.7. The Labute approximate surface area is 195 Å². The molecule has 33 heavy (non-hydrogen) atoms. The van der Waals surface area contributed by atoms with E-state index in [1.165, 1.54) is 22.3 Å². The minimum Gasteiger partial charge on any atom is -0.310 e. The Hall–Kier alpha value is -4.36. The Morgan fingerprint density at radius 2 is 0.939 bits per heavy atom. The fourth-order valence-electron chi connectivity index (χ4n) is 4.12. The van der Waals surface area contributed by atoms with Gasteiger partial charge in [0.15, 0.2) is 0 Å². The van der Waals surface area contributed by atoms with Gasteiger partial charge in [-0.05, 0) is 47.0 Å². The zero-order valence-corrected chi connectivity index (χ0v) is 18.4. The Balaban J connectivity index is 1.74. The molecule has 1 heteroatoms. The van der Waals surface area contributed by atoms with Gasteiger partial charge in [-0.2, -0.15) is 0 Å². The third-order valence-corrected chi connectivity index (χ3v) is 5.68. The number of para-hydroxylation sites is 2. The summed E-state index contributed by atoms with van der Waals surface area (Å²) in [7, 11) is 0. The number of rotatable bonds is 6. The highest BCUT2D eigenvalue weighted by molar-refractivity contribution is 5.92. The maximum Gasteiger partial charge on any atom is 0.0540 e. The Morgan fingerprint density at radius 3 is 1.52 bits per heavy atom. The summed E-state index contributed by atoms with van der Waals surface area (Å²) in [4.78, 5) is 2.33. The predicted molar refractivity (Wildman–Crippen MR) is 142 cm³/mol. The summed E-state index contributed by atoms with van der Waals surface area (Å²) in [5.41, 5.74) is 8.16. The van der Waals surface area contributed by atoms with Crippen molar-refractivity contribution in [3.63, 3.8) is 0 Å². The molecule has 0 heterocycles. The first-order valence-electron chi connectivity index (χ1n) is 11.2. The first kappa shape index (κ1) is 20.5. The van der Waals surface area contributed by atoms with Crippen molar-refractivity contribution in [1.82, 2.24) is 0 Å². The molecule has 0 aliphatic carbocycles. The van der Waals surface area contributed by atoms with Crippen molar-refractivity contribution in [2.24, 2.45) is 0 Å². The van der Waals surface area contributed by atoms with Crippen molar-refractivity contribution in [2.45, 2.75) is 0 Å². The summed E-state index contributed by atoms with van der Waals surface area (Å²) in [5, 5.41) is 0. The van der Waals surface area contributed by atoms with E-state index in [1.54, 1.807) is 0 Å². The molecular weight excluding hydrogens is 398 g/mol. The van der Waals surface area contributed by atoms with Crippen molar-refractivity contribution in [3.8, 4) is 11.1 Å². The SMILES string of the molecule is C(=Cc1c(-c2ccccc2)cccc1N(c1ccccc1)c1ccccc1)c1ccccc1. The van der Waals surface area contributed by atoms with Crippen LogP contribution in [0.15, 0.2) is 140 Å². The van der Waals surface area contributed by atoms with Crippen LogP contribution in [0.5, 0.6) is 0 Å². The maximum atomic E-state index is 2.33. The van der Waals surface area contributed by atoms with Gasteiger partial charge in [0.05, 0.1) is 5.69 Å². The highest BCUT2D eigenvalue weighted by Gasteiger charge is 2.17. The molecule has 0 radical (unpaired) electrons. The summed E-state index contributed by atoms with van der Waals surface area (Å²) < 4.78 is 0. The summed E-state index contributed by atoms with van der Waals surface area (Å²) in [6.45, 7) is 0. The van der Waals surface area contributed by atoms with Gasteiger partial charge >= 0.3 is 0 Å². The van der Waals surface area contributed by atoms with Gasteiger partial charge < -0.3 is 4.90 Å². The van der Waals surface area contributed by atoms with E-state index in [0.717, 1.165) is 17.1 Å². The van der Waals surface area contributed by atoms with Gasteiger partial charge in [0, 0.05) is 16.9 Å². The average Bonchev–Trinajstić information content (AvgIpc) is 2.90. The van der Waals surface area contributed by atoms with Crippen molar-refractivity contribution >= 4 is 29.2 Å². The summed E-state index contributed by atoms with van der Waals surface area (Å²) in [5.74, 6) is 0. The predicted octanol–water partition coefficient (Wildman–Crippen LogP) is 8.99. The number of benzene rings is 5. The second-order valence-electron chi connectivity index (χ2n) is 7.85. The molecule has 5 rings (SSSR count). The van der Waals surface area contributed by atoms with E-state index in [2.05, 4.69) is 151 Å². The number of hydrogen-bond acceptors (Lipinski definition) is 1. The molecule has 0 N–H and O–H groups in total. The third-order valence-electron chi connectivity index (χ3n) is 5.68. The van der Waals surface area contributed by atoms with Crippen molar-refractivity contribution in [1.29, 1.82) is 0 Å². The van der Waals surface area contributed by atoms with E-state index in [0.29, 0.717) is 0 Å². The van der Waals surface area contributed by atoms with Crippen LogP contribution in [0.2, 0.25) is 0 Å². The molecule has 0 fully saturated rings. The van der Waals surface area contributed by atoms with Crippen molar-refractivity contribution < 1.29 is 0 Å². The van der Waals surface area contributed by atoms with E-state index in [9.17, 15) is 0 Å². The van der Waals surface area contributed by atoms with Gasteiger partial charge in [0.2, 0.25) is 0 Å². The van der Waals surface area contributed by atoms with Gasteiger partial charge in [-0.3, -0.25) is 0 Å². The van der Waals surface area contributed by atoms with Gasteiger partial charge in [-0.25, -0.2) is 0 Å². The van der Waals surface area contributed by atoms with Crippen LogP contribution in [0.1, 0.15) is 11.1 Å². The van der Waals surface area contributed by atoms with Crippen molar-refractivity contribution in [2.75, 3.05) is 4.90 Å². The lowest BCUT2D eigenvalue weighted by molar-refractivity contribution is 1.28. The summed E-state index contributed by atoms with van der Waals surface area (Å²) >= 11 is 0. The van der Waals surface area contributed by atoms with Gasteiger partial charge in [-0.1, -0.05) is 121 Å². The van der Waals surface area contributed by atoms with Crippen LogP contribution in [0, 0.1) is 0 Å². The van der Waals surface area contributed by atoms with Gasteiger partial charge in [-0.15, -0.1) is 0 Å². The molecule has 1 nitrogen and oxygen atoms in total. The molecule has 0 spiro atoms. The van der Waals surface area contributed by atoms with E-state index in [4.69, 9.17) is 0 Å². The second-order valence-corrected chi connectivity index (χ2v) is 7.85. The first-order chi connectivity index (χ1) is 16.4. The lowest BCUT2D eigenvalue weighted by Crippen LogP contribution is -2.11. The van der Waals surface area contributed by atoms with E-state index < -0.39 is 0 Å². The van der Waals surface area contributed by atoms with E-state index in [-0.39, 0.29) is 0 Å². The zero-order valence-electron chi connectivity index (χ0n) is 18.4. The summed E-state index contributed by atoms with van der Waals surface area (Å²) in [6.07, 6.45) is 4.44. The van der Waals surface area contributed by atoms with Crippen LogP contribution in [0.3, 0.4) is 0 Å². The smallest absolute Gasteiger partial charge is 0.0540 e. The molecule has 0 atom stereocenters. The van der Waals surface area contributed by atoms with E-state index in [1.807, 2.05) is 6.07 Å². The Kier molecular flexibility index (Phi) is 6.13. The van der Waals surface area contributed by atoms with Crippen LogP contribution in [0.25, 0.3) is 23.3 Å².